The second-order valence-corrected chi connectivity index (χ2v) is 7.17. The molecule has 0 fully saturated rings. The molecule has 27 heavy (non-hydrogen) atoms. The van der Waals surface area contributed by atoms with Crippen LogP contribution >= 0.6 is 0 Å². The Hall–Kier alpha value is -3.54. The van der Waals surface area contributed by atoms with Gasteiger partial charge in [0.05, 0.1) is 0 Å². The molecule has 6 N–H and O–H groups in total. The highest BCUT2D eigenvalue weighted by Crippen LogP contribution is 2.55. The molecule has 0 spiro atoms. The molecule has 138 valence electrons. The summed E-state index contributed by atoms with van der Waals surface area (Å²) in [5, 5.41) is 51.8. The highest BCUT2D eigenvalue weighted by atomic mass is 16.4. The van der Waals surface area contributed by atoms with Gasteiger partial charge in [0, 0.05) is 11.1 Å². The molecule has 3 aromatic rings. The summed E-state index contributed by atoms with van der Waals surface area (Å²) in [6.07, 6.45) is 0. The van der Waals surface area contributed by atoms with E-state index >= 15 is 0 Å². The summed E-state index contributed by atoms with van der Waals surface area (Å²) >= 11 is 0. The molecule has 0 aromatic heterocycles. The maximum Gasteiger partial charge on any atom is 0.208 e. The van der Waals surface area contributed by atoms with Crippen molar-refractivity contribution in [2.75, 3.05) is 5.32 Å². The molecule has 1 aliphatic rings. The minimum absolute atomic E-state index is 0.149. The van der Waals surface area contributed by atoms with Gasteiger partial charge in [0.15, 0.2) is 11.5 Å². The average molecular weight is 365 g/mol. The second-order valence-electron chi connectivity index (χ2n) is 7.17. The van der Waals surface area contributed by atoms with E-state index in [1.165, 1.54) is 5.56 Å². The lowest BCUT2D eigenvalue weighted by molar-refractivity contribution is 0.330. The molecule has 1 aliphatic carbocycles. The van der Waals surface area contributed by atoms with Gasteiger partial charge in [-0.3, -0.25) is 0 Å². The summed E-state index contributed by atoms with van der Waals surface area (Å²) < 4.78 is 0. The van der Waals surface area contributed by atoms with Gasteiger partial charge in [-0.2, -0.15) is 0 Å². The van der Waals surface area contributed by atoms with Crippen LogP contribution < -0.4 is 5.32 Å². The minimum atomic E-state index is -0.986. The molecule has 0 atom stereocenters. The summed E-state index contributed by atoms with van der Waals surface area (Å²) in [7, 11) is 0. The first-order chi connectivity index (χ1) is 12.7. The Morgan fingerprint density at radius 3 is 1.89 bits per heavy atom. The predicted molar refractivity (Wildman–Crippen MR) is 102 cm³/mol. The molecule has 0 bridgehead atoms. The number of aromatic hydroxyl groups is 5. The fourth-order valence-corrected chi connectivity index (χ4v) is 3.75. The Bertz CT molecular complexity index is 1060. The van der Waals surface area contributed by atoms with Gasteiger partial charge in [-0.25, -0.2) is 0 Å². The molecule has 4 rings (SSSR count). The van der Waals surface area contributed by atoms with E-state index in [1.54, 1.807) is 6.07 Å². The van der Waals surface area contributed by atoms with Crippen molar-refractivity contribution < 1.29 is 25.5 Å². The Morgan fingerprint density at radius 2 is 1.22 bits per heavy atom. The number of hydrogen-bond acceptors (Lipinski definition) is 6. The fourth-order valence-electron chi connectivity index (χ4n) is 3.75. The van der Waals surface area contributed by atoms with Gasteiger partial charge in [0.1, 0.15) is 5.69 Å². The van der Waals surface area contributed by atoms with Crippen molar-refractivity contribution >= 4 is 11.4 Å². The molecular formula is C21H19NO5. The van der Waals surface area contributed by atoms with Gasteiger partial charge >= 0.3 is 0 Å². The summed E-state index contributed by atoms with van der Waals surface area (Å²) in [5.41, 5.74) is 4.58. The van der Waals surface area contributed by atoms with Crippen LogP contribution in [-0.2, 0) is 5.41 Å². The van der Waals surface area contributed by atoms with Crippen LogP contribution in [0.25, 0.3) is 11.1 Å². The lowest BCUT2D eigenvalue weighted by atomic mass is 9.82. The van der Waals surface area contributed by atoms with Crippen molar-refractivity contribution in [2.45, 2.75) is 19.3 Å². The van der Waals surface area contributed by atoms with Crippen molar-refractivity contribution in [3.63, 3.8) is 0 Å². The number of phenols is 5. The Balaban J connectivity index is 1.83. The first kappa shape index (κ1) is 16.9. The molecule has 3 aromatic carbocycles. The largest absolute Gasteiger partial charge is 0.503 e. The van der Waals surface area contributed by atoms with Gasteiger partial charge in [-0.1, -0.05) is 44.2 Å². The zero-order valence-corrected chi connectivity index (χ0v) is 14.8. The summed E-state index contributed by atoms with van der Waals surface area (Å²) in [5.74, 6) is -4.34. The topological polar surface area (TPSA) is 113 Å². The third-order valence-corrected chi connectivity index (χ3v) is 5.22. The van der Waals surface area contributed by atoms with Crippen LogP contribution in [-0.4, -0.2) is 25.5 Å². The number of phenolic OH excluding ortho intramolecular Hbond substituents is 5. The SMILES string of the molecule is CC1(C)c2ccccc2-c2cc(Nc3c(O)c(O)c(O)c(O)c3O)ccc21. The molecule has 6 nitrogen and oxygen atoms in total. The fraction of sp³-hybridized carbons (Fsp3) is 0.143. The lowest BCUT2D eigenvalue weighted by Gasteiger charge is -2.21. The molecule has 0 saturated carbocycles. The average Bonchev–Trinajstić information content (AvgIpc) is 2.89. The molecule has 0 radical (unpaired) electrons. The number of benzene rings is 3. The van der Waals surface area contributed by atoms with Crippen molar-refractivity contribution in [2.24, 2.45) is 0 Å². The summed E-state index contributed by atoms with van der Waals surface area (Å²) in [6.45, 7) is 4.30. The highest BCUT2D eigenvalue weighted by molar-refractivity contribution is 5.86. The summed E-state index contributed by atoms with van der Waals surface area (Å²) in [6, 6.07) is 13.7. The number of rotatable bonds is 2. The quantitative estimate of drug-likeness (QED) is 0.299. The maximum atomic E-state index is 10.0. The molecule has 0 amide bonds. The number of anilines is 2. The second kappa shape index (κ2) is 5.48. The van der Waals surface area contributed by atoms with Crippen LogP contribution in [0.1, 0.15) is 25.0 Å². The number of hydrogen-bond donors (Lipinski definition) is 6. The Morgan fingerprint density at radius 1 is 0.667 bits per heavy atom. The Labute approximate surface area is 155 Å². The monoisotopic (exact) mass is 365 g/mol. The first-order valence-electron chi connectivity index (χ1n) is 8.43. The lowest BCUT2D eigenvalue weighted by Crippen LogP contribution is -2.14. The zero-order valence-electron chi connectivity index (χ0n) is 14.8. The number of nitrogens with one attached hydrogen (secondary N) is 1. The van der Waals surface area contributed by atoms with Gasteiger partial charge < -0.3 is 30.8 Å². The molecular weight excluding hydrogens is 346 g/mol. The van der Waals surface area contributed by atoms with Gasteiger partial charge in [0.25, 0.3) is 0 Å². The maximum absolute atomic E-state index is 10.0. The van der Waals surface area contributed by atoms with Crippen LogP contribution in [0, 0.1) is 0 Å². The Kier molecular flexibility index (Phi) is 3.43. The van der Waals surface area contributed by atoms with E-state index in [1.807, 2.05) is 30.3 Å². The third kappa shape index (κ3) is 2.26. The van der Waals surface area contributed by atoms with Gasteiger partial charge in [-0.05, 0) is 34.4 Å². The highest BCUT2D eigenvalue weighted by Gasteiger charge is 2.35. The predicted octanol–water partition coefficient (Wildman–Crippen LogP) is 4.26. The van der Waals surface area contributed by atoms with E-state index in [-0.39, 0.29) is 11.1 Å². The van der Waals surface area contributed by atoms with Gasteiger partial charge in [-0.15, -0.1) is 0 Å². The molecule has 0 unspecified atom stereocenters. The van der Waals surface area contributed by atoms with E-state index < -0.39 is 28.7 Å². The zero-order chi connectivity index (χ0) is 19.5. The molecule has 6 heteroatoms. The number of fused-ring (bicyclic) bond motifs is 3. The van der Waals surface area contributed by atoms with Gasteiger partial charge in [0.2, 0.25) is 17.2 Å². The van der Waals surface area contributed by atoms with Crippen LogP contribution in [0.3, 0.4) is 0 Å². The molecule has 0 saturated heterocycles. The van der Waals surface area contributed by atoms with Crippen molar-refractivity contribution in [1.29, 1.82) is 0 Å². The first-order valence-corrected chi connectivity index (χ1v) is 8.43. The van der Waals surface area contributed by atoms with Crippen molar-refractivity contribution in [3.8, 4) is 39.9 Å². The van der Waals surface area contributed by atoms with E-state index in [4.69, 9.17) is 0 Å². The van der Waals surface area contributed by atoms with E-state index in [0.29, 0.717) is 5.69 Å². The van der Waals surface area contributed by atoms with E-state index in [2.05, 4.69) is 25.2 Å². The molecule has 0 heterocycles. The van der Waals surface area contributed by atoms with E-state index in [0.717, 1.165) is 16.7 Å². The van der Waals surface area contributed by atoms with Crippen LogP contribution in [0.5, 0.6) is 28.7 Å². The normalized spacial score (nSPS) is 13.9. The van der Waals surface area contributed by atoms with Crippen LogP contribution in [0.2, 0.25) is 0 Å². The summed E-state index contributed by atoms with van der Waals surface area (Å²) in [4.78, 5) is 0. The van der Waals surface area contributed by atoms with E-state index in [9.17, 15) is 25.5 Å². The van der Waals surface area contributed by atoms with Crippen molar-refractivity contribution in [1.82, 2.24) is 0 Å². The minimum Gasteiger partial charge on any atom is -0.503 e. The van der Waals surface area contributed by atoms with Crippen LogP contribution in [0.15, 0.2) is 42.5 Å². The standard InChI is InChI=1S/C21H19NO5/c1-21(2)13-6-4-3-5-11(13)12-9-10(7-8-14(12)21)22-15-16(23)18(25)20(27)19(26)17(15)24/h3-9,22-27H,1-2H3. The van der Waals surface area contributed by atoms with Crippen LogP contribution in [0.4, 0.5) is 11.4 Å². The molecule has 0 aliphatic heterocycles. The third-order valence-electron chi connectivity index (χ3n) is 5.22. The van der Waals surface area contributed by atoms with Crippen molar-refractivity contribution in [3.05, 3.63) is 53.6 Å². The smallest absolute Gasteiger partial charge is 0.208 e.